The minimum Gasteiger partial charge on any atom is -0.303 e. The first-order valence-electron chi connectivity index (χ1n) is 2.80. The lowest BCUT2D eigenvalue weighted by Crippen LogP contribution is -1.84. The fourth-order valence-electron chi connectivity index (χ4n) is 0.801. The van der Waals surface area contributed by atoms with Gasteiger partial charge >= 0.3 is 0 Å². The largest absolute Gasteiger partial charge is 0.303 e. The topological polar surface area (TPSA) is 30.2 Å². The Bertz CT molecular complexity index is 359. The number of fused-ring (bicyclic) bond motifs is 1. The Balaban J connectivity index is 0.000000605. The van der Waals surface area contributed by atoms with Gasteiger partial charge in [-0.2, -0.15) is 0 Å². The maximum absolute atomic E-state index is 4.04. The molecular weight excluding hydrogens is 229 g/mol. The molecule has 0 spiro atoms. The molecule has 0 atom stereocenters. The molecule has 3 nitrogen and oxygen atoms in total. The van der Waals surface area contributed by atoms with Crippen molar-refractivity contribution in [3.63, 3.8) is 0 Å². The van der Waals surface area contributed by atoms with E-state index >= 15 is 0 Å². The number of imidazole rings is 1. The van der Waals surface area contributed by atoms with Crippen molar-refractivity contribution in [1.29, 1.82) is 0 Å². The summed E-state index contributed by atoms with van der Waals surface area (Å²) in [5.41, 5.74) is 0.864. The molecule has 0 aliphatic heterocycles. The Morgan fingerprint density at radius 2 is 2.18 bits per heavy atom. The van der Waals surface area contributed by atoms with Crippen LogP contribution in [0.2, 0.25) is 0 Å². The van der Waals surface area contributed by atoms with Gasteiger partial charge in [0.2, 0.25) is 0 Å². The van der Waals surface area contributed by atoms with E-state index in [0.29, 0.717) is 0 Å². The monoisotopic (exact) mass is 233 g/mol. The molecule has 2 aromatic rings. The Hall–Kier alpha value is -0.610. The molecule has 0 aromatic carbocycles. The van der Waals surface area contributed by atoms with Crippen LogP contribution in [0.3, 0.4) is 0 Å². The van der Waals surface area contributed by atoms with Crippen LogP contribution in [0.4, 0.5) is 0 Å². The van der Waals surface area contributed by atoms with E-state index in [1.54, 1.807) is 12.4 Å². The van der Waals surface area contributed by atoms with Crippen molar-refractivity contribution < 1.29 is 0 Å². The summed E-state index contributed by atoms with van der Waals surface area (Å²) >= 11 is 3.26. The van der Waals surface area contributed by atoms with Crippen LogP contribution < -0.4 is 0 Å². The van der Waals surface area contributed by atoms with Crippen LogP contribution in [0.25, 0.3) is 5.65 Å². The maximum atomic E-state index is 4.04. The maximum Gasteiger partial charge on any atom is 0.155 e. The fraction of sp³-hybridized carbons (Fsp3) is 0. The second kappa shape index (κ2) is 3.19. The summed E-state index contributed by atoms with van der Waals surface area (Å²) in [6, 6.07) is 0. The minimum atomic E-state index is 0. The lowest BCUT2D eigenvalue weighted by atomic mass is 10.7. The van der Waals surface area contributed by atoms with E-state index in [2.05, 4.69) is 25.9 Å². The van der Waals surface area contributed by atoms with Gasteiger partial charge in [-0.05, 0) is 15.9 Å². The van der Waals surface area contributed by atoms with Crippen LogP contribution in [0, 0.1) is 0 Å². The van der Waals surface area contributed by atoms with Crippen molar-refractivity contribution in [2.24, 2.45) is 0 Å². The van der Waals surface area contributed by atoms with Crippen molar-refractivity contribution in [2.45, 2.75) is 0 Å². The molecule has 0 unspecified atom stereocenters. The summed E-state index contributed by atoms with van der Waals surface area (Å²) in [4.78, 5) is 8.05. The van der Waals surface area contributed by atoms with Crippen molar-refractivity contribution in [3.05, 3.63) is 29.4 Å². The molecule has 0 saturated carbocycles. The highest BCUT2D eigenvalue weighted by Crippen LogP contribution is 2.05. The van der Waals surface area contributed by atoms with E-state index in [-0.39, 0.29) is 12.4 Å². The molecule has 2 rings (SSSR count). The Morgan fingerprint density at radius 1 is 1.36 bits per heavy atom. The van der Waals surface area contributed by atoms with Gasteiger partial charge in [0, 0.05) is 18.6 Å². The summed E-state index contributed by atoms with van der Waals surface area (Å²) in [6.45, 7) is 0. The zero-order chi connectivity index (χ0) is 6.97. The second-order valence-electron chi connectivity index (χ2n) is 1.90. The van der Waals surface area contributed by atoms with Gasteiger partial charge in [0.1, 0.15) is 4.60 Å². The summed E-state index contributed by atoms with van der Waals surface area (Å²) in [7, 11) is 0. The summed E-state index contributed by atoms with van der Waals surface area (Å²) < 4.78 is 2.72. The van der Waals surface area contributed by atoms with E-state index < -0.39 is 0 Å². The Labute approximate surface area is 78.0 Å². The molecule has 0 aliphatic rings. The number of rotatable bonds is 0. The standard InChI is InChI=1S/C6H4BrN3.ClH/c7-5-4-10-2-1-8-6(10)3-9-5;/h1-4H;1H. The zero-order valence-electron chi connectivity index (χ0n) is 5.44. The van der Waals surface area contributed by atoms with Gasteiger partial charge < -0.3 is 4.40 Å². The molecule has 0 N–H and O–H groups in total. The van der Waals surface area contributed by atoms with Crippen LogP contribution in [0.15, 0.2) is 29.4 Å². The van der Waals surface area contributed by atoms with Gasteiger partial charge in [-0.15, -0.1) is 12.4 Å². The number of halogens is 2. The van der Waals surface area contributed by atoms with Crippen LogP contribution in [0.5, 0.6) is 0 Å². The molecule has 2 aromatic heterocycles. The van der Waals surface area contributed by atoms with Crippen molar-refractivity contribution in [2.75, 3.05) is 0 Å². The molecule has 0 radical (unpaired) electrons. The van der Waals surface area contributed by atoms with Crippen molar-refractivity contribution in [3.8, 4) is 0 Å². The SMILES string of the molecule is Brc1cn2ccnc2cn1.Cl. The van der Waals surface area contributed by atoms with E-state index in [9.17, 15) is 0 Å². The lowest BCUT2D eigenvalue weighted by molar-refractivity contribution is 1.10. The smallest absolute Gasteiger partial charge is 0.155 e. The van der Waals surface area contributed by atoms with Crippen LogP contribution in [-0.4, -0.2) is 14.4 Å². The molecule has 0 amide bonds. The molecule has 0 saturated heterocycles. The van der Waals surface area contributed by atoms with E-state index in [1.807, 2.05) is 16.8 Å². The molecule has 2 heterocycles. The minimum absolute atomic E-state index is 0. The molecule has 0 fully saturated rings. The summed E-state index contributed by atoms with van der Waals surface area (Å²) in [5, 5.41) is 0. The lowest BCUT2D eigenvalue weighted by Gasteiger charge is -1.90. The van der Waals surface area contributed by atoms with Gasteiger partial charge in [0.15, 0.2) is 5.65 Å². The third-order valence-corrected chi connectivity index (χ3v) is 1.66. The second-order valence-corrected chi connectivity index (χ2v) is 2.72. The number of aromatic nitrogens is 3. The fourth-order valence-corrected chi connectivity index (χ4v) is 1.12. The van der Waals surface area contributed by atoms with Crippen molar-refractivity contribution in [1.82, 2.24) is 14.4 Å². The normalized spacial score (nSPS) is 9.55. The average molecular weight is 234 g/mol. The third-order valence-electron chi connectivity index (χ3n) is 1.25. The average Bonchev–Trinajstić information content (AvgIpc) is 2.33. The Morgan fingerprint density at radius 3 is 3.00 bits per heavy atom. The van der Waals surface area contributed by atoms with Gasteiger partial charge in [0.25, 0.3) is 0 Å². The number of hydrogen-bond donors (Lipinski definition) is 0. The van der Waals surface area contributed by atoms with Gasteiger partial charge in [-0.3, -0.25) is 0 Å². The number of hydrogen-bond acceptors (Lipinski definition) is 2. The van der Waals surface area contributed by atoms with E-state index in [0.717, 1.165) is 10.3 Å². The molecule has 11 heavy (non-hydrogen) atoms. The van der Waals surface area contributed by atoms with Gasteiger partial charge in [-0.25, -0.2) is 9.97 Å². The zero-order valence-corrected chi connectivity index (χ0v) is 7.84. The van der Waals surface area contributed by atoms with Crippen LogP contribution in [0.1, 0.15) is 0 Å². The summed E-state index contributed by atoms with van der Waals surface area (Å²) in [6.07, 6.45) is 7.19. The number of nitrogens with zero attached hydrogens (tertiary/aromatic N) is 3. The molecule has 58 valence electrons. The van der Waals surface area contributed by atoms with E-state index in [4.69, 9.17) is 0 Å². The first kappa shape index (κ1) is 8.49. The highest BCUT2D eigenvalue weighted by atomic mass is 79.9. The Kier molecular flexibility index (Phi) is 2.46. The molecular formula is C6H5BrClN3. The highest BCUT2D eigenvalue weighted by molar-refractivity contribution is 9.10. The molecule has 5 heteroatoms. The van der Waals surface area contributed by atoms with Crippen LogP contribution in [-0.2, 0) is 0 Å². The first-order valence-corrected chi connectivity index (χ1v) is 3.60. The van der Waals surface area contributed by atoms with Crippen LogP contribution >= 0.6 is 28.3 Å². The van der Waals surface area contributed by atoms with Gasteiger partial charge in [-0.1, -0.05) is 0 Å². The quantitative estimate of drug-likeness (QED) is 0.697. The molecule has 0 aliphatic carbocycles. The third kappa shape index (κ3) is 1.52. The summed E-state index contributed by atoms with van der Waals surface area (Å²) in [5.74, 6) is 0. The first-order chi connectivity index (χ1) is 4.86. The predicted molar refractivity (Wildman–Crippen MR) is 47.9 cm³/mol. The highest BCUT2D eigenvalue weighted by Gasteiger charge is 1.92. The van der Waals surface area contributed by atoms with Crippen molar-refractivity contribution >= 4 is 34.0 Å². The predicted octanol–water partition coefficient (Wildman–Crippen LogP) is 1.91. The van der Waals surface area contributed by atoms with Gasteiger partial charge in [0.05, 0.1) is 6.20 Å². The molecule has 0 bridgehead atoms. The van der Waals surface area contributed by atoms with E-state index in [1.165, 1.54) is 0 Å².